The van der Waals surface area contributed by atoms with E-state index in [0.29, 0.717) is 24.1 Å². The second-order valence-corrected chi connectivity index (χ2v) is 8.50. The van der Waals surface area contributed by atoms with Gasteiger partial charge < -0.3 is 10.6 Å². The lowest BCUT2D eigenvalue weighted by atomic mass is 9.77. The Morgan fingerprint density at radius 2 is 1.79 bits per heavy atom. The van der Waals surface area contributed by atoms with Gasteiger partial charge in [0.05, 0.1) is 11.0 Å². The van der Waals surface area contributed by atoms with Crippen LogP contribution >= 0.6 is 0 Å². The minimum Gasteiger partial charge on any atom is -0.351 e. The van der Waals surface area contributed by atoms with E-state index in [9.17, 15) is 22.8 Å². The van der Waals surface area contributed by atoms with Crippen LogP contribution in [0.4, 0.5) is 18.9 Å². The van der Waals surface area contributed by atoms with E-state index in [1.165, 1.54) is 10.7 Å². The maximum Gasteiger partial charge on any atom is 0.416 e. The molecule has 0 atom stereocenters. The molecule has 6 nitrogen and oxygen atoms in total. The van der Waals surface area contributed by atoms with Gasteiger partial charge in [-0.25, -0.2) is 0 Å². The maximum absolute atomic E-state index is 13.3. The summed E-state index contributed by atoms with van der Waals surface area (Å²) in [5.41, 5.74) is 0.0241. The molecule has 1 aliphatic rings. The van der Waals surface area contributed by atoms with Crippen LogP contribution in [0.1, 0.15) is 42.4 Å². The number of carbonyl (C=O) groups is 2. The lowest BCUT2D eigenvalue weighted by Gasteiger charge is -2.29. The van der Waals surface area contributed by atoms with Crippen molar-refractivity contribution in [1.29, 1.82) is 0 Å². The Labute approximate surface area is 195 Å². The molecule has 0 spiro atoms. The molecule has 1 saturated carbocycles. The summed E-state index contributed by atoms with van der Waals surface area (Å²) in [6, 6.07) is 13.9. The monoisotopic (exact) mass is 470 g/mol. The number of rotatable bonds is 7. The smallest absolute Gasteiger partial charge is 0.351 e. The summed E-state index contributed by atoms with van der Waals surface area (Å²) in [5.74, 6) is -0.517. The zero-order valence-corrected chi connectivity index (χ0v) is 18.4. The van der Waals surface area contributed by atoms with Gasteiger partial charge in [-0.05, 0) is 48.2 Å². The van der Waals surface area contributed by atoms with E-state index in [2.05, 4.69) is 15.7 Å². The van der Waals surface area contributed by atoms with Crippen molar-refractivity contribution in [3.05, 3.63) is 83.7 Å². The Kier molecular flexibility index (Phi) is 6.72. The van der Waals surface area contributed by atoms with Crippen molar-refractivity contribution in [2.24, 2.45) is 0 Å². The van der Waals surface area contributed by atoms with Crippen LogP contribution in [0.25, 0.3) is 0 Å². The van der Waals surface area contributed by atoms with Crippen LogP contribution in [0.5, 0.6) is 0 Å². The first-order valence-corrected chi connectivity index (χ1v) is 11.1. The van der Waals surface area contributed by atoms with Crippen molar-refractivity contribution in [1.82, 2.24) is 15.1 Å². The van der Waals surface area contributed by atoms with Gasteiger partial charge in [0.15, 0.2) is 0 Å². The molecule has 9 heteroatoms. The first-order chi connectivity index (χ1) is 16.3. The average molecular weight is 470 g/mol. The molecular weight excluding hydrogens is 445 g/mol. The van der Waals surface area contributed by atoms with Gasteiger partial charge in [0, 0.05) is 24.6 Å². The van der Waals surface area contributed by atoms with E-state index in [1.54, 1.807) is 42.7 Å². The van der Waals surface area contributed by atoms with Crippen LogP contribution in [0.15, 0.2) is 67.0 Å². The summed E-state index contributed by atoms with van der Waals surface area (Å²) >= 11 is 0. The fourth-order valence-corrected chi connectivity index (χ4v) is 4.47. The molecule has 178 valence electrons. The Morgan fingerprint density at radius 1 is 1.03 bits per heavy atom. The lowest BCUT2D eigenvalue weighted by Crippen LogP contribution is -2.42. The van der Waals surface area contributed by atoms with E-state index >= 15 is 0 Å². The van der Waals surface area contributed by atoms with Crippen molar-refractivity contribution >= 4 is 17.5 Å². The number of halogens is 3. The lowest BCUT2D eigenvalue weighted by molar-refractivity contribution is -0.138. The molecule has 2 aromatic carbocycles. The van der Waals surface area contributed by atoms with Gasteiger partial charge in [-0.15, -0.1) is 0 Å². The van der Waals surface area contributed by atoms with Gasteiger partial charge in [-0.2, -0.15) is 18.3 Å². The predicted molar refractivity (Wildman–Crippen MR) is 121 cm³/mol. The van der Waals surface area contributed by atoms with Crippen LogP contribution in [-0.4, -0.2) is 21.6 Å². The molecule has 4 rings (SSSR count). The van der Waals surface area contributed by atoms with Crippen LogP contribution in [-0.2, 0) is 34.3 Å². The van der Waals surface area contributed by atoms with Crippen LogP contribution in [0.2, 0.25) is 0 Å². The zero-order chi connectivity index (χ0) is 24.2. The largest absolute Gasteiger partial charge is 0.416 e. The molecule has 0 radical (unpaired) electrons. The quantitative estimate of drug-likeness (QED) is 0.527. The Balaban J connectivity index is 1.44. The molecule has 0 bridgehead atoms. The highest BCUT2D eigenvalue weighted by Crippen LogP contribution is 2.43. The highest BCUT2D eigenvalue weighted by Gasteiger charge is 2.43. The molecule has 2 N–H and O–H groups in total. The summed E-state index contributed by atoms with van der Waals surface area (Å²) in [7, 11) is 0. The fraction of sp³-hybridized carbons (Fsp3) is 0.320. The van der Waals surface area contributed by atoms with Crippen molar-refractivity contribution < 1.29 is 22.8 Å². The molecule has 34 heavy (non-hydrogen) atoms. The number of benzene rings is 2. The predicted octanol–water partition coefficient (Wildman–Crippen LogP) is 4.67. The first kappa shape index (κ1) is 23.5. The summed E-state index contributed by atoms with van der Waals surface area (Å²) in [6.07, 6.45) is 1.38. The topological polar surface area (TPSA) is 76.0 Å². The van der Waals surface area contributed by atoms with Crippen molar-refractivity contribution in [2.75, 3.05) is 5.32 Å². The molecule has 3 aromatic rings. The minimum absolute atomic E-state index is 0.0769. The molecule has 1 heterocycles. The minimum atomic E-state index is -4.46. The van der Waals surface area contributed by atoms with Gasteiger partial charge >= 0.3 is 6.18 Å². The molecule has 2 amide bonds. The molecule has 0 saturated heterocycles. The second kappa shape index (κ2) is 9.70. The third-order valence-corrected chi connectivity index (χ3v) is 6.16. The number of alkyl halides is 3. The van der Waals surface area contributed by atoms with Gasteiger partial charge in [0.1, 0.15) is 6.54 Å². The third-order valence-electron chi connectivity index (χ3n) is 6.16. The number of carbonyl (C=O) groups excluding carboxylic acids is 2. The Hall–Kier alpha value is -3.62. The Bertz CT molecular complexity index is 1150. The average Bonchev–Trinajstić information content (AvgIpc) is 3.50. The second-order valence-electron chi connectivity index (χ2n) is 8.50. The molecule has 0 aliphatic heterocycles. The van der Waals surface area contributed by atoms with Gasteiger partial charge in [0.25, 0.3) is 0 Å². The summed E-state index contributed by atoms with van der Waals surface area (Å²) in [5, 5.41) is 9.70. The van der Waals surface area contributed by atoms with Crippen LogP contribution in [0, 0.1) is 0 Å². The summed E-state index contributed by atoms with van der Waals surface area (Å²) in [4.78, 5) is 25.5. The molecule has 1 aromatic heterocycles. The number of hydrogen-bond acceptors (Lipinski definition) is 3. The number of nitrogens with one attached hydrogen (secondary N) is 2. The summed E-state index contributed by atoms with van der Waals surface area (Å²) in [6.45, 7) is 0.274. The maximum atomic E-state index is 13.3. The first-order valence-electron chi connectivity index (χ1n) is 11.1. The van der Waals surface area contributed by atoms with Crippen molar-refractivity contribution in [3.63, 3.8) is 0 Å². The normalized spacial score (nSPS) is 15.1. The van der Waals surface area contributed by atoms with Crippen LogP contribution < -0.4 is 10.6 Å². The van der Waals surface area contributed by atoms with Crippen LogP contribution in [0.3, 0.4) is 0 Å². The van der Waals surface area contributed by atoms with E-state index in [-0.39, 0.29) is 24.9 Å². The van der Waals surface area contributed by atoms with Gasteiger partial charge in [-0.1, -0.05) is 43.2 Å². The number of amides is 2. The zero-order valence-electron chi connectivity index (χ0n) is 18.4. The number of nitrogens with zero attached hydrogens (tertiary/aromatic N) is 2. The van der Waals surface area contributed by atoms with Gasteiger partial charge in [-0.3, -0.25) is 14.3 Å². The van der Waals surface area contributed by atoms with E-state index < -0.39 is 17.2 Å². The highest BCUT2D eigenvalue weighted by molar-refractivity contribution is 5.91. The number of hydrogen-bond donors (Lipinski definition) is 2. The SMILES string of the molecule is O=C(Cn1cccn1)Nc1cccc(CNC(=O)C2(c3cccc(C(F)(F)F)c3)CCCC2)c1. The molecule has 1 aliphatic carbocycles. The number of anilines is 1. The van der Waals surface area contributed by atoms with E-state index in [4.69, 9.17) is 0 Å². The Morgan fingerprint density at radius 3 is 2.50 bits per heavy atom. The third kappa shape index (κ3) is 5.30. The number of aromatic nitrogens is 2. The van der Waals surface area contributed by atoms with Gasteiger partial charge in [0.2, 0.25) is 11.8 Å². The van der Waals surface area contributed by atoms with E-state index in [1.807, 2.05) is 6.07 Å². The standard InChI is InChI=1S/C25H25F3N4O2/c26-25(27,28)20-8-4-7-19(15-20)24(10-1-2-11-24)23(34)29-16-18-6-3-9-21(14-18)31-22(33)17-32-13-5-12-30-32/h3-9,12-15H,1-2,10-11,16-17H2,(H,29,34)(H,31,33). The van der Waals surface area contributed by atoms with Crippen molar-refractivity contribution in [3.8, 4) is 0 Å². The van der Waals surface area contributed by atoms with E-state index in [0.717, 1.165) is 30.5 Å². The molecule has 0 unspecified atom stereocenters. The highest BCUT2D eigenvalue weighted by atomic mass is 19.4. The molecule has 1 fully saturated rings. The fourth-order valence-electron chi connectivity index (χ4n) is 4.47. The molecular formula is C25H25F3N4O2. The summed E-state index contributed by atoms with van der Waals surface area (Å²) < 4.78 is 41.3. The van der Waals surface area contributed by atoms with Crippen molar-refractivity contribution in [2.45, 2.75) is 50.4 Å².